The van der Waals surface area contributed by atoms with Gasteiger partial charge in [-0.3, -0.25) is 9.59 Å². The van der Waals surface area contributed by atoms with Crippen molar-refractivity contribution >= 4 is 27.0 Å². The minimum absolute atomic E-state index is 0.0173. The molecule has 1 aromatic rings. The number of rotatable bonds is 4. The molecular weight excluding hydrogens is 320 g/mol. The van der Waals surface area contributed by atoms with Crippen molar-refractivity contribution in [1.82, 2.24) is 4.90 Å². The van der Waals surface area contributed by atoms with E-state index in [2.05, 4.69) is 6.07 Å². The zero-order valence-corrected chi connectivity index (χ0v) is 14.8. The van der Waals surface area contributed by atoms with Crippen LogP contribution < -0.4 is 0 Å². The van der Waals surface area contributed by atoms with Gasteiger partial charge < -0.3 is 4.90 Å². The minimum atomic E-state index is -0.458. The third kappa shape index (κ3) is 3.29. The Morgan fingerprint density at radius 3 is 2.71 bits per heavy atom. The predicted molar refractivity (Wildman–Crippen MR) is 96.9 cm³/mol. The summed E-state index contributed by atoms with van der Waals surface area (Å²) in [4.78, 5) is 27.4. The first-order valence-corrected chi connectivity index (χ1v) is 10.0. The Kier molecular flexibility index (Phi) is 5.15. The Balaban J connectivity index is 1.85. The predicted octanol–water partition coefficient (Wildman–Crippen LogP) is 2.81. The molecular formula is C19H22N2O2S. The molecule has 0 aromatic heterocycles. The average molecular weight is 342 g/mol. The molecule has 1 amide bonds. The van der Waals surface area contributed by atoms with Crippen molar-refractivity contribution in [2.24, 2.45) is 0 Å². The molecule has 2 aliphatic heterocycles. The molecule has 2 saturated heterocycles. The first kappa shape index (κ1) is 16.9. The highest BCUT2D eigenvalue weighted by molar-refractivity contribution is 8.17. The minimum Gasteiger partial charge on any atom is -0.328 e. The van der Waals surface area contributed by atoms with Crippen LogP contribution in [0.1, 0.15) is 36.8 Å². The lowest BCUT2D eigenvalue weighted by atomic mass is 10.1. The zero-order chi connectivity index (χ0) is 17.1. The second-order valence-electron chi connectivity index (χ2n) is 6.42. The number of nitrogens with zero attached hydrogens (tertiary/aromatic N) is 2. The lowest BCUT2D eigenvalue weighted by Gasteiger charge is -2.25. The van der Waals surface area contributed by atoms with Gasteiger partial charge in [0.05, 0.1) is 6.04 Å². The second-order valence-corrected chi connectivity index (χ2v) is 8.63. The summed E-state index contributed by atoms with van der Waals surface area (Å²) in [6.07, 6.45) is 3.12. The molecule has 2 aliphatic rings. The summed E-state index contributed by atoms with van der Waals surface area (Å²) < 4.78 is 0. The maximum atomic E-state index is 12.9. The van der Waals surface area contributed by atoms with Crippen molar-refractivity contribution in [2.45, 2.75) is 45.2 Å². The van der Waals surface area contributed by atoms with Gasteiger partial charge in [0.2, 0.25) is 11.7 Å². The number of hydrogen-bond acceptors (Lipinski definition) is 3. The fourth-order valence-electron chi connectivity index (χ4n) is 3.45. The molecule has 0 saturated carbocycles. The molecule has 0 N–H and O–H groups in total. The molecule has 0 bridgehead atoms. The molecule has 0 spiro atoms. The van der Waals surface area contributed by atoms with Gasteiger partial charge in [-0.25, -0.2) is 0 Å². The monoisotopic (exact) mass is 342 g/mol. The van der Waals surface area contributed by atoms with Gasteiger partial charge in [-0.05, 0) is 48.8 Å². The number of benzene rings is 1. The fourth-order valence-corrected chi connectivity index (χ4v) is 5.71. The van der Waals surface area contributed by atoms with Crippen LogP contribution >= 0.6 is 10.5 Å². The topological polar surface area (TPSA) is 61.2 Å². The van der Waals surface area contributed by atoms with Gasteiger partial charge in [-0.1, -0.05) is 24.3 Å². The van der Waals surface area contributed by atoms with Crippen molar-refractivity contribution in [3.63, 3.8) is 0 Å². The van der Waals surface area contributed by atoms with E-state index in [9.17, 15) is 14.9 Å². The summed E-state index contributed by atoms with van der Waals surface area (Å²) in [5.74, 6) is 1.81. The summed E-state index contributed by atoms with van der Waals surface area (Å²) in [7, 11) is -0.200. The van der Waals surface area contributed by atoms with E-state index in [4.69, 9.17) is 0 Å². The van der Waals surface area contributed by atoms with E-state index >= 15 is 0 Å². The average Bonchev–Trinajstić information content (AvgIpc) is 3.21. The highest BCUT2D eigenvalue weighted by Crippen LogP contribution is 2.30. The smallest absolute Gasteiger partial charge is 0.223 e. The van der Waals surface area contributed by atoms with E-state index in [0.29, 0.717) is 24.3 Å². The molecule has 2 heterocycles. The fraction of sp³-hybridized carbons (Fsp3) is 0.474. The number of likely N-dealkylation sites (tertiary alicyclic amines) is 1. The zero-order valence-electron chi connectivity index (χ0n) is 14.0. The number of carbonyl (C=O) groups excluding carboxylic acids is 2. The normalized spacial score (nSPS) is 21.1. The second kappa shape index (κ2) is 7.31. The molecule has 1 aromatic carbocycles. The van der Waals surface area contributed by atoms with Crippen LogP contribution in [0, 0.1) is 18.3 Å². The lowest BCUT2D eigenvalue weighted by molar-refractivity contribution is -0.132. The number of carbonyl (C=O) groups is 2. The van der Waals surface area contributed by atoms with Gasteiger partial charge in [-0.2, -0.15) is 15.7 Å². The number of amides is 1. The van der Waals surface area contributed by atoms with Crippen LogP contribution in [0.4, 0.5) is 0 Å². The third-order valence-electron chi connectivity index (χ3n) is 4.88. The van der Waals surface area contributed by atoms with E-state index in [1.807, 2.05) is 31.2 Å². The highest BCUT2D eigenvalue weighted by Gasteiger charge is 2.38. The van der Waals surface area contributed by atoms with Crippen LogP contribution in [0.15, 0.2) is 24.3 Å². The summed E-state index contributed by atoms with van der Waals surface area (Å²) in [5, 5.41) is 9.50. The van der Waals surface area contributed by atoms with Crippen molar-refractivity contribution < 1.29 is 9.59 Å². The van der Waals surface area contributed by atoms with Gasteiger partial charge in [0, 0.05) is 13.0 Å². The number of Topliss-reactive ketones (excluding diaryl/α,β-unsaturated/α-hetero) is 1. The molecule has 0 radical (unpaired) electrons. The summed E-state index contributed by atoms with van der Waals surface area (Å²) in [5.41, 5.74) is 2.18. The third-order valence-corrected chi connectivity index (χ3v) is 7.31. The van der Waals surface area contributed by atoms with Crippen LogP contribution in [-0.2, 0) is 16.1 Å². The lowest BCUT2D eigenvalue weighted by Crippen LogP contribution is -2.41. The van der Waals surface area contributed by atoms with Crippen molar-refractivity contribution in [3.8, 4) is 6.07 Å². The van der Waals surface area contributed by atoms with Crippen LogP contribution in [-0.4, -0.2) is 39.0 Å². The van der Waals surface area contributed by atoms with Gasteiger partial charge in [0.15, 0.2) is 0 Å². The number of ketones is 1. The Morgan fingerprint density at radius 1 is 1.33 bits per heavy atom. The van der Waals surface area contributed by atoms with Crippen molar-refractivity contribution in [3.05, 3.63) is 35.4 Å². The Labute approximate surface area is 145 Å². The molecule has 1 atom stereocenters. The van der Waals surface area contributed by atoms with Gasteiger partial charge in [0.25, 0.3) is 0 Å². The number of nitriles is 1. The number of hydrogen-bond donors (Lipinski definition) is 0. The van der Waals surface area contributed by atoms with Crippen molar-refractivity contribution in [1.29, 1.82) is 5.26 Å². The van der Waals surface area contributed by atoms with Crippen molar-refractivity contribution in [2.75, 3.05) is 11.5 Å². The van der Waals surface area contributed by atoms with Crippen LogP contribution in [0.25, 0.3) is 0 Å². The first-order valence-electron chi connectivity index (χ1n) is 8.44. The Morgan fingerprint density at radius 2 is 2.04 bits per heavy atom. The van der Waals surface area contributed by atoms with E-state index in [1.165, 1.54) is 0 Å². The quantitative estimate of drug-likeness (QED) is 0.791. The summed E-state index contributed by atoms with van der Waals surface area (Å²) >= 11 is 0. The van der Waals surface area contributed by atoms with Gasteiger partial charge >= 0.3 is 0 Å². The van der Waals surface area contributed by atoms with Crippen LogP contribution in [0.2, 0.25) is 0 Å². The largest absolute Gasteiger partial charge is 0.328 e. The summed E-state index contributed by atoms with van der Waals surface area (Å²) in [6, 6.07) is 9.64. The Hall–Kier alpha value is -1.93. The maximum Gasteiger partial charge on any atom is 0.223 e. The molecule has 24 heavy (non-hydrogen) atoms. The molecule has 3 rings (SSSR count). The first-order chi connectivity index (χ1) is 11.6. The number of aryl methyl sites for hydroxylation is 1. The Bertz CT molecular complexity index is 740. The SMILES string of the molecule is Cc1ccccc1CN1C(=O)CCC1C(=O)C(C#N)=S1CCCC1. The summed E-state index contributed by atoms with van der Waals surface area (Å²) in [6.45, 7) is 2.47. The maximum absolute atomic E-state index is 12.9. The van der Waals surface area contributed by atoms with E-state index < -0.39 is 6.04 Å². The van der Waals surface area contributed by atoms with Gasteiger partial charge in [-0.15, -0.1) is 0 Å². The van der Waals surface area contributed by atoms with Crippen LogP contribution in [0.3, 0.4) is 0 Å². The van der Waals surface area contributed by atoms with E-state index in [1.54, 1.807) is 4.90 Å². The molecule has 126 valence electrons. The molecule has 2 fully saturated rings. The molecule has 5 heteroatoms. The molecule has 1 unspecified atom stereocenters. The standard InChI is InChI=1S/C19H22N2O2S/c1-14-6-2-3-7-15(14)13-21-16(8-9-18(21)22)19(23)17(12-20)24-10-4-5-11-24/h2-3,6-7,16H,4-5,8-11,13H2,1H3. The van der Waals surface area contributed by atoms with Gasteiger partial charge in [0.1, 0.15) is 10.9 Å². The molecule has 0 aliphatic carbocycles. The highest BCUT2D eigenvalue weighted by atomic mass is 32.2. The van der Waals surface area contributed by atoms with E-state index in [-0.39, 0.29) is 22.2 Å². The molecule has 4 nitrogen and oxygen atoms in total. The van der Waals surface area contributed by atoms with Crippen LogP contribution in [0.5, 0.6) is 0 Å². The van der Waals surface area contributed by atoms with E-state index in [0.717, 1.165) is 35.5 Å².